The first-order valence-electron chi connectivity index (χ1n) is 4.75. The van der Waals surface area contributed by atoms with Gasteiger partial charge in [-0.3, -0.25) is 0 Å². The van der Waals surface area contributed by atoms with Crippen molar-refractivity contribution in [1.29, 1.82) is 0 Å². The summed E-state index contributed by atoms with van der Waals surface area (Å²) < 4.78 is 10.3. The minimum absolute atomic E-state index is 0. The number of phenolic OH excluding ortho intramolecular Hbond substituents is 1. The van der Waals surface area contributed by atoms with Crippen LogP contribution in [0.15, 0.2) is 54.6 Å². The van der Waals surface area contributed by atoms with Crippen LogP contribution in [-0.4, -0.2) is 9.92 Å². The SMILES string of the molecule is Cl.Cl.Oc1cccc(-c2ccccc2)c1.[CH2]=[Ti][F]. The molecule has 0 heterocycles. The summed E-state index contributed by atoms with van der Waals surface area (Å²) in [5.41, 5.74) is 2.17. The van der Waals surface area contributed by atoms with Gasteiger partial charge < -0.3 is 5.11 Å². The molecule has 0 amide bonds. The third-order valence-electron chi connectivity index (χ3n) is 1.95. The van der Waals surface area contributed by atoms with Crippen LogP contribution in [0, 0.1) is 0 Å². The standard InChI is InChI=1S/C12H10O.CH2.2ClH.FH.Ti/c13-12-8-4-7-11(9-12)10-5-2-1-3-6-10;;;;;/h1-9,13H;1H2;3*1H;/q;;;;;+1/p-1. The average molecular weight is 324 g/mol. The first-order valence-corrected chi connectivity index (χ1v) is 6.44. The van der Waals surface area contributed by atoms with Crippen molar-refractivity contribution in [2.24, 2.45) is 0 Å². The zero-order valence-electron chi connectivity index (χ0n) is 9.54. The summed E-state index contributed by atoms with van der Waals surface area (Å²) >= 11 is -1.25. The van der Waals surface area contributed by atoms with Gasteiger partial charge in [0, 0.05) is 0 Å². The summed E-state index contributed by atoms with van der Waals surface area (Å²) in [6.07, 6.45) is 0. The number of halogens is 3. The molecule has 0 bridgehead atoms. The summed E-state index contributed by atoms with van der Waals surface area (Å²) in [6, 6.07) is 17.3. The van der Waals surface area contributed by atoms with E-state index in [1.165, 1.54) is 0 Å². The van der Waals surface area contributed by atoms with Gasteiger partial charge in [0.15, 0.2) is 0 Å². The van der Waals surface area contributed by atoms with E-state index in [2.05, 4.69) is 4.82 Å². The van der Waals surface area contributed by atoms with Crippen molar-refractivity contribution in [1.82, 2.24) is 0 Å². The number of benzene rings is 2. The minimum atomic E-state index is -1.25. The Bertz CT molecular complexity index is 452. The third-order valence-corrected chi connectivity index (χ3v) is 1.95. The van der Waals surface area contributed by atoms with Crippen LogP contribution in [0.4, 0.5) is 3.09 Å². The molecule has 1 N–H and O–H groups in total. The molecular formula is C13H14Cl2FOTi. The van der Waals surface area contributed by atoms with Gasteiger partial charge in [0.05, 0.1) is 0 Å². The van der Waals surface area contributed by atoms with Gasteiger partial charge in [-0.25, -0.2) is 0 Å². The summed E-state index contributed by atoms with van der Waals surface area (Å²) in [7, 11) is 0. The van der Waals surface area contributed by atoms with Crippen molar-refractivity contribution in [3.05, 3.63) is 54.6 Å². The molecule has 0 saturated carbocycles. The third kappa shape index (κ3) is 6.92. The molecule has 0 aromatic heterocycles. The predicted octanol–water partition coefficient (Wildman–Crippen LogP) is 4.29. The van der Waals surface area contributed by atoms with Gasteiger partial charge in [-0.1, -0.05) is 42.5 Å². The Balaban J connectivity index is 0. The van der Waals surface area contributed by atoms with E-state index in [1.807, 2.05) is 42.5 Å². The van der Waals surface area contributed by atoms with E-state index in [0.717, 1.165) is 11.1 Å². The maximum absolute atomic E-state index is 10.3. The second-order valence-electron chi connectivity index (χ2n) is 3.05. The molecule has 5 heteroatoms. The Morgan fingerprint density at radius 2 is 1.39 bits per heavy atom. The molecule has 0 unspecified atom stereocenters. The van der Waals surface area contributed by atoms with Crippen LogP contribution in [0.25, 0.3) is 11.1 Å². The van der Waals surface area contributed by atoms with Gasteiger partial charge in [-0.05, 0) is 23.3 Å². The molecule has 0 aliphatic heterocycles. The molecule has 1 nitrogen and oxygen atoms in total. The van der Waals surface area contributed by atoms with Crippen LogP contribution >= 0.6 is 24.8 Å². The fourth-order valence-corrected chi connectivity index (χ4v) is 1.32. The molecule has 0 atom stereocenters. The van der Waals surface area contributed by atoms with E-state index >= 15 is 0 Å². The van der Waals surface area contributed by atoms with Crippen LogP contribution in [0.5, 0.6) is 5.75 Å². The molecule has 2 rings (SSSR count). The zero-order valence-corrected chi connectivity index (χ0v) is 12.7. The summed E-state index contributed by atoms with van der Waals surface area (Å²) in [6.45, 7) is 0. The van der Waals surface area contributed by atoms with Gasteiger partial charge in [0.25, 0.3) is 0 Å². The van der Waals surface area contributed by atoms with Crippen LogP contribution in [-0.2, 0) is 19.2 Å². The van der Waals surface area contributed by atoms with Crippen molar-refractivity contribution in [2.75, 3.05) is 0 Å². The van der Waals surface area contributed by atoms with Crippen LogP contribution in [0.2, 0.25) is 0 Å². The number of hydrogen-bond acceptors (Lipinski definition) is 1. The molecule has 18 heavy (non-hydrogen) atoms. The van der Waals surface area contributed by atoms with E-state index in [1.54, 1.807) is 12.1 Å². The fraction of sp³-hybridized carbons (Fsp3) is 0. The van der Waals surface area contributed by atoms with Crippen molar-refractivity contribution in [2.45, 2.75) is 0 Å². The average Bonchev–Trinajstić information content (AvgIpc) is 2.31. The Labute approximate surface area is 128 Å². The quantitative estimate of drug-likeness (QED) is 0.776. The van der Waals surface area contributed by atoms with E-state index in [0.29, 0.717) is 5.75 Å². The molecule has 2 aromatic carbocycles. The number of hydrogen-bond donors (Lipinski definition) is 1. The van der Waals surface area contributed by atoms with Crippen LogP contribution in [0.3, 0.4) is 0 Å². The van der Waals surface area contributed by atoms with Gasteiger partial charge in [0.1, 0.15) is 5.75 Å². The molecule has 0 saturated heterocycles. The second-order valence-corrected chi connectivity index (χ2v) is 3.47. The monoisotopic (exact) mass is 323 g/mol. The van der Waals surface area contributed by atoms with Crippen molar-refractivity contribution in [3.8, 4) is 16.9 Å². The Morgan fingerprint density at radius 3 is 1.89 bits per heavy atom. The Kier molecular flexibility index (Phi) is 12.5. The molecule has 2 aromatic rings. The van der Waals surface area contributed by atoms with Gasteiger partial charge in [-0.15, -0.1) is 24.8 Å². The summed E-state index contributed by atoms with van der Waals surface area (Å²) in [5, 5.41) is 9.27. The van der Waals surface area contributed by atoms with E-state index < -0.39 is 19.2 Å². The molecule has 97 valence electrons. The van der Waals surface area contributed by atoms with Crippen molar-refractivity contribution in [3.63, 3.8) is 0 Å². The maximum atomic E-state index is 10.3. The fourth-order valence-electron chi connectivity index (χ4n) is 1.32. The van der Waals surface area contributed by atoms with Crippen LogP contribution < -0.4 is 0 Å². The van der Waals surface area contributed by atoms with Crippen molar-refractivity contribution >= 4 is 29.6 Å². The van der Waals surface area contributed by atoms with E-state index in [-0.39, 0.29) is 24.8 Å². The zero-order chi connectivity index (χ0) is 11.8. The molecular weight excluding hydrogens is 310 g/mol. The molecule has 0 radical (unpaired) electrons. The van der Waals surface area contributed by atoms with Gasteiger partial charge in [0.2, 0.25) is 0 Å². The Hall–Kier alpha value is -0.666. The molecule has 0 aliphatic carbocycles. The number of phenols is 1. The molecule has 0 fully saturated rings. The summed E-state index contributed by atoms with van der Waals surface area (Å²) in [5.74, 6) is 0.307. The number of rotatable bonds is 1. The topological polar surface area (TPSA) is 20.2 Å². The van der Waals surface area contributed by atoms with E-state index in [9.17, 15) is 8.20 Å². The van der Waals surface area contributed by atoms with Gasteiger partial charge >= 0.3 is 27.1 Å². The Morgan fingerprint density at radius 1 is 0.889 bits per heavy atom. The summed E-state index contributed by atoms with van der Waals surface area (Å²) in [4.78, 5) is 2.94. The normalized spacial score (nSPS) is 7.61. The van der Waals surface area contributed by atoms with Gasteiger partial charge in [-0.2, -0.15) is 0 Å². The van der Waals surface area contributed by atoms with Crippen molar-refractivity contribution < 1.29 is 27.4 Å². The predicted molar refractivity (Wildman–Crippen MR) is 76.3 cm³/mol. The molecule has 0 spiro atoms. The van der Waals surface area contributed by atoms with Crippen LogP contribution in [0.1, 0.15) is 0 Å². The first-order chi connectivity index (χ1) is 7.77. The molecule has 0 aliphatic rings. The second kappa shape index (κ2) is 11.4. The number of aromatic hydroxyl groups is 1. The first kappa shape index (κ1) is 19.7. The van der Waals surface area contributed by atoms with E-state index in [4.69, 9.17) is 0 Å².